The van der Waals surface area contributed by atoms with E-state index in [1.54, 1.807) is 0 Å². The van der Waals surface area contributed by atoms with E-state index >= 15 is 0 Å². The predicted octanol–water partition coefficient (Wildman–Crippen LogP) is 3.88. The molecule has 1 saturated heterocycles. The third-order valence-corrected chi connectivity index (χ3v) is 4.91. The average Bonchev–Trinajstić information content (AvgIpc) is 2.15. The molecule has 0 radical (unpaired) electrons. The molecule has 0 spiro atoms. The fourth-order valence-electron chi connectivity index (χ4n) is 2.95. The van der Waals surface area contributed by atoms with Crippen LogP contribution < -0.4 is 0 Å². The molecule has 20 heavy (non-hydrogen) atoms. The van der Waals surface area contributed by atoms with Gasteiger partial charge in [0.05, 0.1) is 0 Å². The van der Waals surface area contributed by atoms with E-state index in [-0.39, 0.29) is 5.41 Å². The van der Waals surface area contributed by atoms with Crippen LogP contribution in [-0.2, 0) is 4.79 Å². The summed E-state index contributed by atoms with van der Waals surface area (Å²) in [5.74, 6) is 0.637. The quantitative estimate of drug-likeness (QED) is 0.804. The van der Waals surface area contributed by atoms with E-state index in [0.29, 0.717) is 17.8 Å². The highest BCUT2D eigenvalue weighted by Gasteiger charge is 2.36. The van der Waals surface area contributed by atoms with Crippen LogP contribution in [0.25, 0.3) is 0 Å². The molecular formula is C17H33NO2. The second-order valence-corrected chi connectivity index (χ2v) is 8.61. The lowest BCUT2D eigenvalue weighted by molar-refractivity contribution is -0.137. The number of rotatable bonds is 6. The summed E-state index contributed by atoms with van der Waals surface area (Å²) in [6, 6.07) is 0. The molecule has 1 aliphatic rings. The zero-order valence-electron chi connectivity index (χ0n) is 14.2. The summed E-state index contributed by atoms with van der Waals surface area (Å²) in [6.45, 7) is 17.2. The first-order valence-electron chi connectivity index (χ1n) is 7.94. The van der Waals surface area contributed by atoms with Gasteiger partial charge in [-0.15, -0.1) is 0 Å². The molecule has 1 aliphatic heterocycles. The van der Waals surface area contributed by atoms with Gasteiger partial charge >= 0.3 is 5.97 Å². The molecule has 0 amide bonds. The minimum atomic E-state index is -0.670. The van der Waals surface area contributed by atoms with Crippen LogP contribution in [0.4, 0.5) is 0 Å². The normalized spacial score (nSPS) is 19.7. The van der Waals surface area contributed by atoms with Gasteiger partial charge in [0, 0.05) is 19.5 Å². The summed E-state index contributed by atoms with van der Waals surface area (Å²) >= 11 is 0. The van der Waals surface area contributed by atoms with Crippen molar-refractivity contribution in [2.45, 2.75) is 60.8 Å². The number of nitrogens with zero attached hydrogens (tertiary/aromatic N) is 1. The van der Waals surface area contributed by atoms with Gasteiger partial charge in [-0.3, -0.25) is 4.79 Å². The molecule has 0 aromatic carbocycles. The summed E-state index contributed by atoms with van der Waals surface area (Å²) in [4.78, 5) is 13.3. The van der Waals surface area contributed by atoms with Gasteiger partial charge in [-0.1, -0.05) is 41.5 Å². The van der Waals surface area contributed by atoms with Gasteiger partial charge in [-0.25, -0.2) is 0 Å². The van der Waals surface area contributed by atoms with Gasteiger partial charge in [0.1, 0.15) is 0 Å². The Kier molecular flexibility index (Phi) is 5.65. The Bertz CT molecular complexity index is 319. The number of aliphatic carboxylic acids is 1. The van der Waals surface area contributed by atoms with Gasteiger partial charge in [0.15, 0.2) is 0 Å². The van der Waals surface area contributed by atoms with Crippen LogP contribution >= 0.6 is 0 Å². The molecule has 118 valence electrons. The highest BCUT2D eigenvalue weighted by Crippen LogP contribution is 2.36. The lowest BCUT2D eigenvalue weighted by Crippen LogP contribution is -2.52. The number of hydrogen-bond acceptors (Lipinski definition) is 2. The van der Waals surface area contributed by atoms with Crippen LogP contribution in [0.1, 0.15) is 60.8 Å². The molecule has 0 aliphatic carbocycles. The second kappa shape index (κ2) is 6.46. The predicted molar refractivity (Wildman–Crippen MR) is 83.8 cm³/mol. The van der Waals surface area contributed by atoms with E-state index < -0.39 is 5.97 Å². The van der Waals surface area contributed by atoms with Crippen molar-refractivity contribution in [1.82, 2.24) is 4.90 Å². The fraction of sp³-hybridized carbons (Fsp3) is 0.941. The summed E-state index contributed by atoms with van der Waals surface area (Å²) in [6.07, 6.45) is 2.22. The first kappa shape index (κ1) is 17.5. The van der Waals surface area contributed by atoms with Crippen molar-refractivity contribution in [1.29, 1.82) is 0 Å². The SMILES string of the molecule is CC(C)(C)C(CCC(=O)O)CCN1CC(C(C)(C)C)C1. The zero-order valence-corrected chi connectivity index (χ0v) is 14.2. The first-order valence-corrected chi connectivity index (χ1v) is 7.94. The summed E-state index contributed by atoms with van der Waals surface area (Å²) in [5, 5.41) is 8.88. The molecule has 0 aromatic rings. The number of hydrogen-bond donors (Lipinski definition) is 1. The Morgan fingerprint density at radius 2 is 1.70 bits per heavy atom. The van der Waals surface area contributed by atoms with E-state index in [1.165, 1.54) is 13.1 Å². The zero-order chi connectivity index (χ0) is 15.6. The average molecular weight is 283 g/mol. The Labute approximate surface area is 124 Å². The topological polar surface area (TPSA) is 40.5 Å². The van der Waals surface area contributed by atoms with Crippen molar-refractivity contribution in [2.24, 2.45) is 22.7 Å². The van der Waals surface area contributed by atoms with Crippen molar-refractivity contribution in [3.8, 4) is 0 Å². The van der Waals surface area contributed by atoms with Crippen LogP contribution in [0.2, 0.25) is 0 Å². The standard InChI is InChI=1S/C17H33NO2/c1-16(2,3)13(7-8-15(19)20)9-10-18-11-14(12-18)17(4,5)6/h13-14H,7-12H2,1-6H3,(H,19,20). The highest BCUT2D eigenvalue weighted by atomic mass is 16.4. The minimum Gasteiger partial charge on any atom is -0.481 e. The molecule has 0 saturated carbocycles. The fourth-order valence-corrected chi connectivity index (χ4v) is 2.95. The first-order chi connectivity index (χ1) is 9.00. The molecule has 1 atom stereocenters. The maximum Gasteiger partial charge on any atom is 0.303 e. The second-order valence-electron chi connectivity index (χ2n) is 8.61. The van der Waals surface area contributed by atoms with Crippen molar-refractivity contribution in [3.05, 3.63) is 0 Å². The lowest BCUT2D eigenvalue weighted by Gasteiger charge is -2.47. The van der Waals surface area contributed by atoms with Crippen molar-refractivity contribution in [3.63, 3.8) is 0 Å². The van der Waals surface area contributed by atoms with Crippen molar-refractivity contribution in [2.75, 3.05) is 19.6 Å². The van der Waals surface area contributed by atoms with E-state index in [0.717, 1.165) is 25.3 Å². The lowest BCUT2D eigenvalue weighted by atomic mass is 9.74. The van der Waals surface area contributed by atoms with Crippen LogP contribution in [0.3, 0.4) is 0 Å². The van der Waals surface area contributed by atoms with Gasteiger partial charge in [-0.2, -0.15) is 0 Å². The van der Waals surface area contributed by atoms with Gasteiger partial charge < -0.3 is 10.0 Å². The molecule has 1 rings (SSSR count). The Morgan fingerprint density at radius 1 is 1.15 bits per heavy atom. The third kappa shape index (κ3) is 5.43. The summed E-state index contributed by atoms with van der Waals surface area (Å²) < 4.78 is 0. The Balaban J connectivity index is 2.35. The molecule has 3 nitrogen and oxygen atoms in total. The molecule has 1 heterocycles. The number of carboxylic acid groups (broad SMARTS) is 1. The van der Waals surface area contributed by atoms with Crippen LogP contribution in [0.5, 0.6) is 0 Å². The Morgan fingerprint density at radius 3 is 2.10 bits per heavy atom. The molecular weight excluding hydrogens is 250 g/mol. The number of carboxylic acids is 1. The largest absolute Gasteiger partial charge is 0.481 e. The van der Waals surface area contributed by atoms with Crippen molar-refractivity contribution < 1.29 is 9.90 Å². The van der Waals surface area contributed by atoms with Gasteiger partial charge in [0.25, 0.3) is 0 Å². The molecule has 1 fully saturated rings. The Hall–Kier alpha value is -0.570. The van der Waals surface area contributed by atoms with Crippen LogP contribution in [0, 0.1) is 22.7 Å². The molecule has 1 unspecified atom stereocenters. The van der Waals surface area contributed by atoms with Gasteiger partial charge in [0.2, 0.25) is 0 Å². The number of likely N-dealkylation sites (tertiary alicyclic amines) is 1. The minimum absolute atomic E-state index is 0.198. The van der Waals surface area contributed by atoms with E-state index in [4.69, 9.17) is 5.11 Å². The van der Waals surface area contributed by atoms with E-state index in [2.05, 4.69) is 46.4 Å². The highest BCUT2D eigenvalue weighted by molar-refractivity contribution is 5.66. The number of carbonyl (C=O) groups is 1. The summed E-state index contributed by atoms with van der Waals surface area (Å²) in [5.41, 5.74) is 0.618. The maximum absolute atomic E-state index is 10.8. The summed E-state index contributed by atoms with van der Waals surface area (Å²) in [7, 11) is 0. The maximum atomic E-state index is 10.8. The smallest absolute Gasteiger partial charge is 0.303 e. The molecule has 1 N–H and O–H groups in total. The van der Waals surface area contributed by atoms with Crippen LogP contribution in [-0.4, -0.2) is 35.6 Å². The molecule has 0 aromatic heterocycles. The molecule has 3 heteroatoms. The monoisotopic (exact) mass is 283 g/mol. The van der Waals surface area contributed by atoms with Gasteiger partial charge in [-0.05, 0) is 42.1 Å². The van der Waals surface area contributed by atoms with E-state index in [9.17, 15) is 4.79 Å². The van der Waals surface area contributed by atoms with Crippen molar-refractivity contribution >= 4 is 5.97 Å². The third-order valence-electron chi connectivity index (χ3n) is 4.91. The van der Waals surface area contributed by atoms with E-state index in [1.807, 2.05) is 0 Å². The van der Waals surface area contributed by atoms with Crippen LogP contribution in [0.15, 0.2) is 0 Å². The molecule has 0 bridgehead atoms.